The zero-order valence-corrected chi connectivity index (χ0v) is 12.4. The highest BCUT2D eigenvalue weighted by molar-refractivity contribution is 7.15. The number of aromatic nitrogens is 2. The molecule has 0 bridgehead atoms. The van der Waals surface area contributed by atoms with Crippen LogP contribution in [0.3, 0.4) is 0 Å². The molecule has 0 saturated carbocycles. The largest absolute Gasteiger partial charge is 0.300 e. The van der Waals surface area contributed by atoms with E-state index in [9.17, 15) is 4.79 Å². The highest BCUT2D eigenvalue weighted by atomic mass is 32.1. The Bertz CT molecular complexity index is 451. The first-order chi connectivity index (χ1) is 9.24. The van der Waals surface area contributed by atoms with Gasteiger partial charge in [-0.1, -0.05) is 37.3 Å². The number of nitrogens with one attached hydrogen (secondary N) is 1. The Morgan fingerprint density at radius 2 is 2.21 bits per heavy atom. The van der Waals surface area contributed by atoms with Crippen LogP contribution < -0.4 is 5.32 Å². The lowest BCUT2D eigenvalue weighted by molar-refractivity contribution is -0.120. The normalized spacial score (nSPS) is 18.8. The summed E-state index contributed by atoms with van der Waals surface area (Å²) >= 11 is 1.51. The van der Waals surface area contributed by atoms with Crippen molar-refractivity contribution in [2.75, 3.05) is 5.32 Å². The summed E-state index contributed by atoms with van der Waals surface area (Å²) in [5, 5.41) is 12.9. The summed E-state index contributed by atoms with van der Waals surface area (Å²) in [4.78, 5) is 12.1. The Hall–Kier alpha value is -1.23. The molecule has 1 heterocycles. The van der Waals surface area contributed by atoms with E-state index < -0.39 is 0 Å². The lowest BCUT2D eigenvalue weighted by Gasteiger charge is -2.15. The molecule has 0 aliphatic heterocycles. The van der Waals surface area contributed by atoms with Crippen molar-refractivity contribution >= 4 is 22.4 Å². The molecular formula is C14H21N3OS. The average Bonchev–Trinajstić information content (AvgIpc) is 2.89. The molecule has 19 heavy (non-hydrogen) atoms. The molecule has 1 atom stereocenters. The number of nitrogens with zero attached hydrogens (tertiary/aromatic N) is 2. The van der Waals surface area contributed by atoms with Gasteiger partial charge in [0.05, 0.1) is 0 Å². The highest BCUT2D eigenvalue weighted by Crippen LogP contribution is 2.28. The first-order valence-corrected chi connectivity index (χ1v) is 7.85. The Morgan fingerprint density at radius 3 is 2.84 bits per heavy atom. The maximum absolute atomic E-state index is 12.1. The van der Waals surface area contributed by atoms with Gasteiger partial charge in [0.1, 0.15) is 5.01 Å². The topological polar surface area (TPSA) is 54.9 Å². The fourth-order valence-electron chi connectivity index (χ4n) is 2.33. The number of anilines is 1. The molecule has 0 aromatic carbocycles. The third kappa shape index (κ3) is 3.62. The fourth-order valence-corrected chi connectivity index (χ4v) is 3.34. The van der Waals surface area contributed by atoms with Gasteiger partial charge >= 0.3 is 0 Å². The SMILES string of the molecule is CCC(CC)c1nnc(NC(=O)C2CC=CCC2)s1. The molecule has 1 unspecified atom stereocenters. The van der Waals surface area contributed by atoms with Crippen LogP contribution in [-0.2, 0) is 4.79 Å². The molecule has 5 heteroatoms. The summed E-state index contributed by atoms with van der Waals surface area (Å²) in [7, 11) is 0. The molecule has 2 rings (SSSR count). The highest BCUT2D eigenvalue weighted by Gasteiger charge is 2.20. The van der Waals surface area contributed by atoms with Crippen LogP contribution in [0.5, 0.6) is 0 Å². The molecule has 1 aromatic heterocycles. The molecule has 0 saturated heterocycles. The van der Waals surface area contributed by atoms with Gasteiger partial charge in [0, 0.05) is 11.8 Å². The molecule has 0 fully saturated rings. The quantitative estimate of drug-likeness (QED) is 0.835. The second-order valence-corrected chi connectivity index (χ2v) is 5.94. The Balaban J connectivity index is 1.95. The van der Waals surface area contributed by atoms with Crippen LogP contribution in [0, 0.1) is 5.92 Å². The van der Waals surface area contributed by atoms with Gasteiger partial charge in [0.2, 0.25) is 11.0 Å². The molecule has 0 radical (unpaired) electrons. The molecular weight excluding hydrogens is 258 g/mol. The molecule has 0 spiro atoms. The molecule has 1 aliphatic rings. The van der Waals surface area contributed by atoms with Crippen LogP contribution in [0.25, 0.3) is 0 Å². The van der Waals surface area contributed by atoms with Gasteiger partial charge in [-0.25, -0.2) is 0 Å². The lowest BCUT2D eigenvalue weighted by Crippen LogP contribution is -2.23. The maximum atomic E-state index is 12.1. The third-order valence-electron chi connectivity index (χ3n) is 3.65. The van der Waals surface area contributed by atoms with Crippen LogP contribution in [-0.4, -0.2) is 16.1 Å². The summed E-state index contributed by atoms with van der Waals surface area (Å²) in [6, 6.07) is 0. The number of hydrogen-bond acceptors (Lipinski definition) is 4. The first kappa shape index (κ1) is 14.2. The van der Waals surface area contributed by atoms with E-state index in [2.05, 4.69) is 41.5 Å². The van der Waals surface area contributed by atoms with Crippen molar-refractivity contribution in [1.29, 1.82) is 0 Å². The predicted molar refractivity (Wildman–Crippen MR) is 78.3 cm³/mol. The zero-order chi connectivity index (χ0) is 13.7. The smallest absolute Gasteiger partial charge is 0.229 e. The van der Waals surface area contributed by atoms with E-state index in [4.69, 9.17) is 0 Å². The number of hydrogen-bond donors (Lipinski definition) is 1. The molecule has 1 aliphatic carbocycles. The van der Waals surface area contributed by atoms with Crippen molar-refractivity contribution < 1.29 is 4.79 Å². The fraction of sp³-hybridized carbons (Fsp3) is 0.643. The van der Waals surface area contributed by atoms with Crippen molar-refractivity contribution in [2.24, 2.45) is 5.92 Å². The Kier molecular flexibility index (Phi) is 5.07. The van der Waals surface area contributed by atoms with Crippen molar-refractivity contribution in [3.8, 4) is 0 Å². The van der Waals surface area contributed by atoms with Crippen LogP contribution in [0.15, 0.2) is 12.2 Å². The second-order valence-electron chi connectivity index (χ2n) is 4.93. The Morgan fingerprint density at radius 1 is 1.42 bits per heavy atom. The van der Waals surface area contributed by atoms with Crippen LogP contribution in [0.4, 0.5) is 5.13 Å². The van der Waals surface area contributed by atoms with E-state index in [-0.39, 0.29) is 11.8 Å². The van der Waals surface area contributed by atoms with Gasteiger partial charge < -0.3 is 5.32 Å². The molecule has 1 amide bonds. The average molecular weight is 279 g/mol. The van der Waals surface area contributed by atoms with Gasteiger partial charge in [-0.15, -0.1) is 10.2 Å². The maximum Gasteiger partial charge on any atom is 0.229 e. The van der Waals surface area contributed by atoms with E-state index in [1.165, 1.54) is 11.3 Å². The summed E-state index contributed by atoms with van der Waals surface area (Å²) in [6.07, 6.45) is 9.11. The summed E-state index contributed by atoms with van der Waals surface area (Å²) < 4.78 is 0. The van der Waals surface area contributed by atoms with Gasteiger partial charge in [0.15, 0.2) is 0 Å². The molecule has 1 N–H and O–H groups in total. The van der Waals surface area contributed by atoms with Crippen molar-refractivity contribution in [2.45, 2.75) is 51.9 Å². The van der Waals surface area contributed by atoms with Gasteiger partial charge in [-0.3, -0.25) is 4.79 Å². The van der Waals surface area contributed by atoms with Crippen LogP contribution in [0.2, 0.25) is 0 Å². The predicted octanol–water partition coefficient (Wildman–Crippen LogP) is 3.74. The number of amides is 1. The van der Waals surface area contributed by atoms with Crippen molar-refractivity contribution in [3.63, 3.8) is 0 Å². The van der Waals surface area contributed by atoms with Crippen molar-refractivity contribution in [1.82, 2.24) is 10.2 Å². The summed E-state index contributed by atoms with van der Waals surface area (Å²) in [6.45, 7) is 4.31. The van der Waals surface area contributed by atoms with Crippen LogP contribution in [0.1, 0.15) is 56.9 Å². The number of carbonyl (C=O) groups excluding carboxylic acids is 1. The van der Waals surface area contributed by atoms with E-state index in [0.717, 1.165) is 37.1 Å². The molecule has 1 aromatic rings. The first-order valence-electron chi connectivity index (χ1n) is 7.03. The van der Waals surface area contributed by atoms with E-state index in [1.54, 1.807) is 0 Å². The second kappa shape index (κ2) is 6.80. The monoisotopic (exact) mass is 279 g/mol. The number of allylic oxidation sites excluding steroid dienone is 2. The molecule has 104 valence electrons. The van der Waals surface area contributed by atoms with Crippen molar-refractivity contribution in [3.05, 3.63) is 17.2 Å². The standard InChI is InChI=1S/C14H21N3OS/c1-3-10(4-2)13-16-17-14(19-13)15-12(18)11-8-6-5-7-9-11/h5-6,10-11H,3-4,7-9H2,1-2H3,(H,15,17,18). The lowest BCUT2D eigenvalue weighted by atomic mass is 9.94. The summed E-state index contributed by atoms with van der Waals surface area (Å²) in [5.74, 6) is 0.628. The van der Waals surface area contributed by atoms with Gasteiger partial charge in [-0.2, -0.15) is 0 Å². The molecule has 4 nitrogen and oxygen atoms in total. The Labute approximate surface area is 118 Å². The summed E-state index contributed by atoms with van der Waals surface area (Å²) in [5.41, 5.74) is 0. The minimum atomic E-state index is 0.0802. The van der Waals surface area contributed by atoms with Crippen LogP contribution >= 0.6 is 11.3 Å². The minimum absolute atomic E-state index is 0.0802. The third-order valence-corrected chi connectivity index (χ3v) is 4.65. The minimum Gasteiger partial charge on any atom is -0.300 e. The van der Waals surface area contributed by atoms with Gasteiger partial charge in [-0.05, 0) is 32.1 Å². The van der Waals surface area contributed by atoms with E-state index in [1.807, 2.05) is 0 Å². The number of rotatable bonds is 5. The zero-order valence-electron chi connectivity index (χ0n) is 11.6. The van der Waals surface area contributed by atoms with Gasteiger partial charge in [0.25, 0.3) is 0 Å². The van der Waals surface area contributed by atoms with E-state index in [0.29, 0.717) is 11.0 Å². The number of carbonyl (C=O) groups is 1. The van der Waals surface area contributed by atoms with E-state index >= 15 is 0 Å².